The van der Waals surface area contributed by atoms with Crippen molar-refractivity contribution in [2.24, 2.45) is 0 Å². The number of aryl methyl sites for hydroxylation is 3. The van der Waals surface area contributed by atoms with Crippen LogP contribution in [0, 0.1) is 26.6 Å². The predicted molar refractivity (Wildman–Crippen MR) is 84.8 cm³/mol. The fourth-order valence-corrected chi connectivity index (χ4v) is 3.14. The third-order valence-corrected chi connectivity index (χ3v) is 4.36. The van der Waals surface area contributed by atoms with Crippen LogP contribution >= 0.6 is 0 Å². The molecule has 1 aromatic heterocycles. The molecule has 0 aliphatic carbocycles. The Bertz CT molecular complexity index is 722. The largest absolute Gasteiger partial charge is 0.361 e. The van der Waals surface area contributed by atoms with Gasteiger partial charge in [-0.3, -0.25) is 0 Å². The molecule has 5 nitrogen and oxygen atoms in total. The number of halogens is 1. The van der Waals surface area contributed by atoms with Crippen LogP contribution in [0.15, 0.2) is 22.7 Å². The highest BCUT2D eigenvalue weighted by molar-refractivity contribution is 5.89. The lowest BCUT2D eigenvalue weighted by Crippen LogP contribution is -2.34. The van der Waals surface area contributed by atoms with Gasteiger partial charge in [0.25, 0.3) is 0 Å². The highest BCUT2D eigenvalue weighted by Crippen LogP contribution is 2.35. The number of carbonyl (C=O) groups excluding carboxylic acids is 1. The Labute approximate surface area is 134 Å². The van der Waals surface area contributed by atoms with Gasteiger partial charge in [-0.25, -0.2) is 9.18 Å². The van der Waals surface area contributed by atoms with E-state index in [1.165, 1.54) is 6.07 Å². The smallest absolute Gasteiger partial charge is 0.322 e. The SMILES string of the molecule is Cc1ccc(NC(=O)N2CCC[C@@H]2c2c(C)noc2C)cc1F. The predicted octanol–water partition coefficient (Wildman–Crippen LogP) is 4.11. The molecule has 2 amide bonds. The molecule has 23 heavy (non-hydrogen) atoms. The monoisotopic (exact) mass is 317 g/mol. The highest BCUT2D eigenvalue weighted by atomic mass is 19.1. The molecule has 6 heteroatoms. The molecule has 2 heterocycles. The van der Waals surface area contributed by atoms with Crippen LogP contribution in [-0.2, 0) is 0 Å². The van der Waals surface area contributed by atoms with Gasteiger partial charge in [-0.2, -0.15) is 0 Å². The lowest BCUT2D eigenvalue weighted by Gasteiger charge is -2.25. The maximum atomic E-state index is 13.6. The molecule has 1 saturated heterocycles. The van der Waals surface area contributed by atoms with Gasteiger partial charge in [0, 0.05) is 17.8 Å². The van der Waals surface area contributed by atoms with Crippen molar-refractivity contribution in [2.75, 3.05) is 11.9 Å². The number of urea groups is 1. The van der Waals surface area contributed by atoms with Crippen LogP contribution in [0.1, 0.15) is 41.5 Å². The summed E-state index contributed by atoms with van der Waals surface area (Å²) in [6.45, 7) is 6.10. The van der Waals surface area contributed by atoms with Gasteiger partial charge in [-0.1, -0.05) is 11.2 Å². The Kier molecular flexibility index (Phi) is 4.07. The van der Waals surface area contributed by atoms with E-state index in [4.69, 9.17) is 4.52 Å². The molecule has 0 saturated carbocycles. The van der Waals surface area contributed by atoms with E-state index in [0.29, 0.717) is 17.8 Å². The van der Waals surface area contributed by atoms with Gasteiger partial charge in [0.1, 0.15) is 11.6 Å². The molecular formula is C17H20FN3O2. The summed E-state index contributed by atoms with van der Waals surface area (Å²) in [7, 11) is 0. The first kappa shape index (κ1) is 15.5. The summed E-state index contributed by atoms with van der Waals surface area (Å²) < 4.78 is 18.9. The van der Waals surface area contributed by atoms with E-state index in [-0.39, 0.29) is 17.9 Å². The topological polar surface area (TPSA) is 58.4 Å². The van der Waals surface area contributed by atoms with Crippen LogP contribution in [0.3, 0.4) is 0 Å². The number of rotatable bonds is 2. The first-order chi connectivity index (χ1) is 11.0. The molecule has 0 spiro atoms. The second-order valence-corrected chi connectivity index (χ2v) is 5.98. The fourth-order valence-electron chi connectivity index (χ4n) is 3.14. The molecule has 122 valence electrons. The van der Waals surface area contributed by atoms with Crippen molar-refractivity contribution in [2.45, 2.75) is 39.7 Å². The zero-order chi connectivity index (χ0) is 16.6. The summed E-state index contributed by atoms with van der Waals surface area (Å²) in [6.07, 6.45) is 1.79. The molecule has 1 aliphatic heterocycles. The lowest BCUT2D eigenvalue weighted by atomic mass is 10.0. The summed E-state index contributed by atoms with van der Waals surface area (Å²) in [5.41, 5.74) is 2.81. The Morgan fingerprint density at radius 2 is 2.17 bits per heavy atom. The van der Waals surface area contributed by atoms with Crippen LogP contribution in [-0.4, -0.2) is 22.6 Å². The van der Waals surface area contributed by atoms with Crippen LogP contribution < -0.4 is 5.32 Å². The molecule has 1 fully saturated rings. The van der Waals surface area contributed by atoms with Gasteiger partial charge in [-0.05, 0) is 51.3 Å². The van der Waals surface area contributed by atoms with Crippen molar-refractivity contribution in [1.82, 2.24) is 10.1 Å². The van der Waals surface area contributed by atoms with E-state index >= 15 is 0 Å². The van der Waals surface area contributed by atoms with Crippen molar-refractivity contribution < 1.29 is 13.7 Å². The first-order valence-electron chi connectivity index (χ1n) is 7.74. The summed E-state index contributed by atoms with van der Waals surface area (Å²) in [6, 6.07) is 4.43. The molecule has 1 aliphatic rings. The Morgan fingerprint density at radius 1 is 1.39 bits per heavy atom. The number of hydrogen-bond donors (Lipinski definition) is 1. The minimum atomic E-state index is -0.327. The minimum Gasteiger partial charge on any atom is -0.361 e. The molecule has 1 N–H and O–H groups in total. The number of carbonyl (C=O) groups is 1. The first-order valence-corrected chi connectivity index (χ1v) is 7.74. The van der Waals surface area contributed by atoms with Crippen LogP contribution in [0.5, 0.6) is 0 Å². The van der Waals surface area contributed by atoms with Crippen molar-refractivity contribution in [1.29, 1.82) is 0 Å². The standard InChI is InChI=1S/C17H20FN3O2/c1-10-6-7-13(9-14(10)18)19-17(22)21-8-4-5-15(21)16-11(2)20-23-12(16)3/h6-7,9,15H,4-5,8H2,1-3H3,(H,19,22)/t15-/m1/s1. The average molecular weight is 317 g/mol. The third kappa shape index (κ3) is 2.93. The quantitative estimate of drug-likeness (QED) is 0.907. The number of nitrogens with zero attached hydrogens (tertiary/aromatic N) is 2. The van der Waals surface area contributed by atoms with Crippen LogP contribution in [0.4, 0.5) is 14.9 Å². The number of hydrogen-bond acceptors (Lipinski definition) is 3. The van der Waals surface area contributed by atoms with Crippen molar-refractivity contribution in [3.05, 3.63) is 46.6 Å². The zero-order valence-electron chi connectivity index (χ0n) is 13.5. The molecule has 0 bridgehead atoms. The Balaban J connectivity index is 1.79. The summed E-state index contributed by atoms with van der Waals surface area (Å²) in [5.74, 6) is 0.417. The molecule has 0 radical (unpaired) electrons. The van der Waals surface area contributed by atoms with Gasteiger partial charge < -0.3 is 14.7 Å². The number of anilines is 1. The maximum Gasteiger partial charge on any atom is 0.322 e. The van der Waals surface area contributed by atoms with E-state index in [1.54, 1.807) is 24.0 Å². The van der Waals surface area contributed by atoms with Crippen molar-refractivity contribution >= 4 is 11.7 Å². The molecule has 1 atom stereocenters. The van der Waals surface area contributed by atoms with E-state index in [2.05, 4.69) is 10.5 Å². The van der Waals surface area contributed by atoms with Gasteiger partial charge in [0.05, 0.1) is 11.7 Å². The zero-order valence-corrected chi connectivity index (χ0v) is 13.5. The Hall–Kier alpha value is -2.37. The molecule has 1 aromatic carbocycles. The lowest BCUT2D eigenvalue weighted by molar-refractivity contribution is 0.206. The summed E-state index contributed by atoms with van der Waals surface area (Å²) >= 11 is 0. The highest BCUT2D eigenvalue weighted by Gasteiger charge is 2.33. The van der Waals surface area contributed by atoms with Gasteiger partial charge >= 0.3 is 6.03 Å². The van der Waals surface area contributed by atoms with Crippen molar-refractivity contribution in [3.63, 3.8) is 0 Å². The number of benzene rings is 1. The number of amides is 2. The molecule has 3 rings (SSSR count). The van der Waals surface area contributed by atoms with Crippen molar-refractivity contribution in [3.8, 4) is 0 Å². The summed E-state index contributed by atoms with van der Waals surface area (Å²) in [4.78, 5) is 14.3. The molecule has 0 unspecified atom stereocenters. The van der Waals surface area contributed by atoms with Crippen LogP contribution in [0.25, 0.3) is 0 Å². The minimum absolute atomic E-state index is 0.0449. The second kappa shape index (κ2) is 6.02. The second-order valence-electron chi connectivity index (χ2n) is 5.98. The average Bonchev–Trinajstić information content (AvgIpc) is 3.09. The number of likely N-dealkylation sites (tertiary alicyclic amines) is 1. The summed E-state index contributed by atoms with van der Waals surface area (Å²) in [5, 5.41) is 6.76. The number of nitrogens with one attached hydrogen (secondary N) is 1. The van der Waals surface area contributed by atoms with E-state index in [9.17, 15) is 9.18 Å². The fraction of sp³-hybridized carbons (Fsp3) is 0.412. The van der Waals surface area contributed by atoms with Crippen LogP contribution in [0.2, 0.25) is 0 Å². The molecule has 2 aromatic rings. The normalized spacial score (nSPS) is 17.6. The van der Waals surface area contributed by atoms with E-state index in [1.807, 2.05) is 13.8 Å². The van der Waals surface area contributed by atoms with E-state index in [0.717, 1.165) is 29.9 Å². The molecular weight excluding hydrogens is 297 g/mol. The third-order valence-electron chi connectivity index (χ3n) is 4.36. The maximum absolute atomic E-state index is 13.6. The van der Waals surface area contributed by atoms with Gasteiger partial charge in [0.15, 0.2) is 0 Å². The van der Waals surface area contributed by atoms with Gasteiger partial charge in [0.2, 0.25) is 0 Å². The number of aromatic nitrogens is 1. The van der Waals surface area contributed by atoms with Gasteiger partial charge in [-0.15, -0.1) is 0 Å². The van der Waals surface area contributed by atoms with E-state index < -0.39 is 0 Å². The Morgan fingerprint density at radius 3 is 2.83 bits per heavy atom.